The number of aromatic nitrogens is 1. The second-order valence-electron chi connectivity index (χ2n) is 17.3. The SMILES string of the molecule is CC(C)C[C@H](NC(=O)[C@H](CCC(=O)O)NC(=O)[C@@H](N)CC(=O)O)C(=O)N[C@@H](CCCN=C(N)N)C(=O)N[C@@H](Cc1c[nH]c2ccccc12)C(=O)N[C@H](C(=O)N[C@H](CO)Cc1ccccc1)C(C)C. The second kappa shape index (κ2) is 27.5. The first-order valence-electron chi connectivity index (χ1n) is 22.4. The monoisotopic (exact) mass is 950 g/mol. The Balaban J connectivity index is 1.95. The number of hydrogen-bond acceptors (Lipinski definition) is 11. The fourth-order valence-corrected chi connectivity index (χ4v) is 7.26. The summed E-state index contributed by atoms with van der Waals surface area (Å²) in [6.07, 6.45) is 0.239. The molecule has 0 bridgehead atoms. The minimum atomic E-state index is -1.57. The first kappa shape index (κ1) is 55.3. The highest BCUT2D eigenvalue weighted by atomic mass is 16.4. The van der Waals surface area contributed by atoms with Crippen molar-refractivity contribution in [2.24, 2.45) is 34.0 Å². The number of H-pyrrole nitrogens is 1. The summed E-state index contributed by atoms with van der Waals surface area (Å²) in [7, 11) is 0. The number of guanidine groups is 1. The molecule has 0 aliphatic rings. The highest BCUT2D eigenvalue weighted by molar-refractivity contribution is 5.97. The third-order valence-electron chi connectivity index (χ3n) is 10.8. The molecule has 16 N–H and O–H groups in total. The Morgan fingerprint density at radius 3 is 1.84 bits per heavy atom. The quantitative estimate of drug-likeness (QED) is 0.0232. The number of nitrogens with two attached hydrogens (primary N) is 3. The molecule has 3 aromatic rings. The Morgan fingerprint density at radius 2 is 1.24 bits per heavy atom. The van der Waals surface area contributed by atoms with Crippen molar-refractivity contribution >= 4 is 64.2 Å². The first-order valence-corrected chi connectivity index (χ1v) is 22.4. The number of hydrogen-bond donors (Lipinski definition) is 13. The van der Waals surface area contributed by atoms with Gasteiger partial charge in [-0.2, -0.15) is 0 Å². The number of aliphatic hydroxyl groups excluding tert-OH is 1. The van der Waals surface area contributed by atoms with Crippen LogP contribution < -0.4 is 49.1 Å². The maximum Gasteiger partial charge on any atom is 0.305 e. The molecule has 22 nitrogen and oxygen atoms in total. The molecule has 0 saturated carbocycles. The Hall–Kier alpha value is -7.07. The number of fused-ring (bicyclic) bond motifs is 1. The lowest BCUT2D eigenvalue weighted by molar-refractivity contribution is -0.140. The Labute approximate surface area is 394 Å². The molecule has 0 unspecified atom stereocenters. The number of aromatic amines is 1. The zero-order valence-electron chi connectivity index (χ0n) is 38.8. The minimum absolute atomic E-state index is 0.00474. The van der Waals surface area contributed by atoms with Gasteiger partial charge in [-0.25, -0.2) is 0 Å². The van der Waals surface area contributed by atoms with Crippen molar-refractivity contribution in [1.82, 2.24) is 36.9 Å². The highest BCUT2D eigenvalue weighted by Crippen LogP contribution is 2.20. The van der Waals surface area contributed by atoms with Gasteiger partial charge in [0.1, 0.15) is 30.2 Å². The molecular formula is C46H67N11O11. The predicted molar refractivity (Wildman–Crippen MR) is 252 cm³/mol. The van der Waals surface area contributed by atoms with E-state index in [4.69, 9.17) is 22.3 Å². The lowest BCUT2D eigenvalue weighted by Gasteiger charge is -2.29. The van der Waals surface area contributed by atoms with Crippen molar-refractivity contribution in [3.05, 3.63) is 71.9 Å². The summed E-state index contributed by atoms with van der Waals surface area (Å²) in [5, 5.41) is 45.2. The van der Waals surface area contributed by atoms with Crippen molar-refractivity contribution in [1.29, 1.82) is 0 Å². The zero-order valence-corrected chi connectivity index (χ0v) is 38.8. The second-order valence-corrected chi connectivity index (χ2v) is 17.3. The topological polar surface area (TPSA) is 376 Å². The van der Waals surface area contributed by atoms with Gasteiger partial charge in [-0.05, 0) is 61.1 Å². The molecule has 0 fully saturated rings. The molecule has 6 amide bonds. The van der Waals surface area contributed by atoms with Crippen LogP contribution in [0.4, 0.5) is 0 Å². The average Bonchev–Trinajstić information content (AvgIpc) is 3.68. The normalized spacial score (nSPS) is 14.3. The molecular weight excluding hydrogens is 883 g/mol. The molecule has 1 heterocycles. The molecule has 372 valence electrons. The summed E-state index contributed by atoms with van der Waals surface area (Å²) >= 11 is 0. The van der Waals surface area contributed by atoms with E-state index in [-0.39, 0.29) is 50.7 Å². The van der Waals surface area contributed by atoms with Gasteiger partial charge in [0.05, 0.1) is 25.1 Å². The number of carbonyl (C=O) groups is 8. The molecule has 1 aromatic heterocycles. The zero-order chi connectivity index (χ0) is 50.5. The molecule has 2 aromatic carbocycles. The van der Waals surface area contributed by atoms with Crippen LogP contribution in [0.5, 0.6) is 0 Å². The molecule has 68 heavy (non-hydrogen) atoms. The molecule has 0 aliphatic heterocycles. The number of aliphatic imine (C=N–C) groups is 1. The van der Waals surface area contributed by atoms with Gasteiger partial charge in [0.25, 0.3) is 0 Å². The van der Waals surface area contributed by atoms with Crippen LogP contribution in [0.1, 0.15) is 77.3 Å². The lowest BCUT2D eigenvalue weighted by Crippen LogP contribution is -2.60. The van der Waals surface area contributed by atoms with E-state index in [9.17, 15) is 48.6 Å². The van der Waals surface area contributed by atoms with Crippen molar-refractivity contribution in [3.63, 3.8) is 0 Å². The van der Waals surface area contributed by atoms with Crippen LogP contribution in [0.25, 0.3) is 10.9 Å². The maximum atomic E-state index is 14.5. The van der Waals surface area contributed by atoms with Crippen LogP contribution >= 0.6 is 0 Å². The minimum Gasteiger partial charge on any atom is -0.481 e. The molecule has 0 radical (unpaired) electrons. The van der Waals surface area contributed by atoms with E-state index in [1.165, 1.54) is 0 Å². The molecule has 22 heteroatoms. The van der Waals surface area contributed by atoms with E-state index in [0.29, 0.717) is 12.0 Å². The summed E-state index contributed by atoms with van der Waals surface area (Å²) in [6.45, 7) is 6.65. The van der Waals surface area contributed by atoms with E-state index in [0.717, 1.165) is 16.5 Å². The summed E-state index contributed by atoms with van der Waals surface area (Å²) in [5.74, 6) is -8.54. The van der Waals surface area contributed by atoms with E-state index in [1.54, 1.807) is 33.9 Å². The number of benzene rings is 2. The summed E-state index contributed by atoms with van der Waals surface area (Å²) < 4.78 is 0. The number of para-hydroxylation sites is 1. The van der Waals surface area contributed by atoms with Crippen LogP contribution in [0.15, 0.2) is 65.8 Å². The maximum absolute atomic E-state index is 14.5. The van der Waals surface area contributed by atoms with E-state index >= 15 is 0 Å². The van der Waals surface area contributed by atoms with Gasteiger partial charge in [-0.3, -0.25) is 43.3 Å². The number of carbonyl (C=O) groups excluding carboxylic acids is 6. The van der Waals surface area contributed by atoms with Gasteiger partial charge in [0.2, 0.25) is 35.4 Å². The van der Waals surface area contributed by atoms with Gasteiger partial charge < -0.3 is 69.4 Å². The van der Waals surface area contributed by atoms with Gasteiger partial charge in [-0.15, -0.1) is 0 Å². The molecule has 0 aliphatic carbocycles. The van der Waals surface area contributed by atoms with Crippen LogP contribution in [-0.2, 0) is 51.2 Å². The molecule has 7 atom stereocenters. The predicted octanol–water partition coefficient (Wildman–Crippen LogP) is -0.723. The smallest absolute Gasteiger partial charge is 0.305 e. The fourth-order valence-electron chi connectivity index (χ4n) is 7.26. The van der Waals surface area contributed by atoms with Gasteiger partial charge >= 0.3 is 11.9 Å². The number of nitrogens with zero attached hydrogens (tertiary/aromatic N) is 1. The Morgan fingerprint density at radius 1 is 0.662 bits per heavy atom. The number of carboxylic acids is 2. The summed E-state index contributed by atoms with van der Waals surface area (Å²) in [6, 6.07) is 7.60. The number of amides is 6. The largest absolute Gasteiger partial charge is 0.481 e. The molecule has 3 rings (SSSR count). The fraction of sp³-hybridized carbons (Fsp3) is 0.500. The number of rotatable bonds is 29. The lowest BCUT2D eigenvalue weighted by atomic mass is 9.99. The molecule has 0 saturated heterocycles. The standard InChI is InChI=1S/C46H67N11O11/c1-25(2)19-35(55-42(65)34(16-17-37(59)60)53-40(63)31(47)22-38(61)62)43(66)54-33(15-10-18-50-46(48)49)41(64)56-36(21-28-23-51-32-14-9-8-13-30(28)32)44(67)57-39(26(3)4)45(68)52-29(24-58)20-27-11-6-5-7-12-27/h5-9,11-14,23,25-26,29,31,33-36,39,51,58H,10,15-22,24,47H2,1-4H3,(H,52,68)(H,53,63)(H,54,66)(H,55,65)(H,56,64)(H,57,67)(H,59,60)(H,61,62)(H4,48,49,50)/t29-,31-,33-,34-,35-,36-,39-/m0/s1. The summed E-state index contributed by atoms with van der Waals surface area (Å²) in [5.41, 5.74) is 19.0. The third kappa shape index (κ3) is 18.7. The van der Waals surface area contributed by atoms with Crippen molar-refractivity contribution in [2.45, 2.75) is 121 Å². The van der Waals surface area contributed by atoms with Crippen molar-refractivity contribution < 1.29 is 53.7 Å². The van der Waals surface area contributed by atoms with Gasteiger partial charge in [0, 0.05) is 36.5 Å². The van der Waals surface area contributed by atoms with Crippen LogP contribution in [-0.4, -0.2) is 129 Å². The number of carboxylic acid groups (broad SMARTS) is 2. The van der Waals surface area contributed by atoms with Crippen molar-refractivity contribution in [2.75, 3.05) is 13.2 Å². The number of aliphatic hydroxyl groups is 1. The first-order chi connectivity index (χ1) is 32.2. The summed E-state index contributed by atoms with van der Waals surface area (Å²) in [4.78, 5) is 113. The van der Waals surface area contributed by atoms with Crippen LogP contribution in [0.2, 0.25) is 0 Å². The Kier molecular flexibility index (Phi) is 22.4. The number of aliphatic carboxylic acids is 2. The Bertz CT molecular complexity index is 2210. The van der Waals surface area contributed by atoms with Gasteiger partial charge in [-0.1, -0.05) is 76.2 Å². The van der Waals surface area contributed by atoms with Crippen molar-refractivity contribution in [3.8, 4) is 0 Å². The van der Waals surface area contributed by atoms with Gasteiger partial charge in [0.15, 0.2) is 5.96 Å². The third-order valence-corrected chi connectivity index (χ3v) is 10.8. The highest BCUT2D eigenvalue weighted by Gasteiger charge is 2.35. The van der Waals surface area contributed by atoms with E-state index < -0.39 is 115 Å². The van der Waals surface area contributed by atoms with Crippen LogP contribution in [0, 0.1) is 11.8 Å². The van der Waals surface area contributed by atoms with E-state index in [1.807, 2.05) is 54.6 Å². The van der Waals surface area contributed by atoms with E-state index in [2.05, 4.69) is 41.9 Å². The number of nitrogens with one attached hydrogen (secondary N) is 7. The average molecular weight is 950 g/mol. The van der Waals surface area contributed by atoms with Crippen LogP contribution in [0.3, 0.4) is 0 Å². The molecule has 0 spiro atoms.